The highest BCUT2D eigenvalue weighted by atomic mass is 127. The molecule has 2 aromatic rings. The lowest BCUT2D eigenvalue weighted by molar-refractivity contribution is 0.268. The second-order valence-electron chi connectivity index (χ2n) is 6.83. The third-order valence-electron chi connectivity index (χ3n) is 5.30. The third kappa shape index (κ3) is 4.34. The number of halogens is 2. The molecule has 1 aliphatic rings. The molecule has 1 fully saturated rings. The molecule has 1 saturated carbocycles. The van der Waals surface area contributed by atoms with Gasteiger partial charge in [0.15, 0.2) is 0 Å². The van der Waals surface area contributed by atoms with Crippen molar-refractivity contribution >= 4 is 22.6 Å². The first kappa shape index (κ1) is 16.9. The first-order valence-electron chi connectivity index (χ1n) is 8.68. The van der Waals surface area contributed by atoms with Crippen LogP contribution in [0.2, 0.25) is 0 Å². The summed E-state index contributed by atoms with van der Waals surface area (Å²) >= 11 is 2.38. The van der Waals surface area contributed by atoms with Gasteiger partial charge in [-0.2, -0.15) is 0 Å². The van der Waals surface area contributed by atoms with Crippen LogP contribution in [0.15, 0.2) is 48.5 Å². The topological polar surface area (TPSA) is 0 Å². The molecule has 2 heteroatoms. The molecule has 0 unspecified atom stereocenters. The maximum Gasteiger partial charge on any atom is 0.123 e. The van der Waals surface area contributed by atoms with Gasteiger partial charge in [0, 0.05) is 3.57 Å². The molecule has 1 aliphatic carbocycles. The maximum absolute atomic E-state index is 13.0. The van der Waals surface area contributed by atoms with E-state index in [-0.39, 0.29) is 5.82 Å². The van der Waals surface area contributed by atoms with E-state index < -0.39 is 0 Å². The standard InChI is InChI=1S/C21H24FI/c22-19-10-6-17(7-11-19)5-4-16-21(14-2-1-3-15-21)18-8-12-20(23)13-9-18/h6-13H,1-5,14-16H2. The van der Waals surface area contributed by atoms with Crippen molar-refractivity contribution in [1.82, 2.24) is 0 Å². The van der Waals surface area contributed by atoms with Gasteiger partial charge >= 0.3 is 0 Å². The summed E-state index contributed by atoms with van der Waals surface area (Å²) in [4.78, 5) is 0. The Labute approximate surface area is 152 Å². The molecule has 0 aliphatic heterocycles. The smallest absolute Gasteiger partial charge is 0.123 e. The van der Waals surface area contributed by atoms with Crippen molar-refractivity contribution in [2.24, 2.45) is 0 Å². The number of rotatable bonds is 5. The van der Waals surface area contributed by atoms with E-state index in [4.69, 9.17) is 0 Å². The van der Waals surface area contributed by atoms with E-state index in [1.807, 2.05) is 12.1 Å². The fraction of sp³-hybridized carbons (Fsp3) is 0.429. The Morgan fingerprint density at radius 1 is 0.870 bits per heavy atom. The molecule has 0 heterocycles. The van der Waals surface area contributed by atoms with Gasteiger partial charge in [0.25, 0.3) is 0 Å². The van der Waals surface area contributed by atoms with E-state index in [1.165, 1.54) is 59.6 Å². The lowest BCUT2D eigenvalue weighted by Gasteiger charge is -2.38. The molecular weight excluding hydrogens is 398 g/mol. The minimum Gasteiger partial charge on any atom is -0.207 e. The highest BCUT2D eigenvalue weighted by molar-refractivity contribution is 14.1. The van der Waals surface area contributed by atoms with Gasteiger partial charge in [-0.3, -0.25) is 0 Å². The molecule has 0 spiro atoms. The summed E-state index contributed by atoms with van der Waals surface area (Å²) in [5.41, 5.74) is 3.14. The van der Waals surface area contributed by atoms with Gasteiger partial charge < -0.3 is 0 Å². The summed E-state index contributed by atoms with van der Waals surface area (Å²) in [6, 6.07) is 16.2. The van der Waals surface area contributed by atoms with Crippen LogP contribution in [-0.2, 0) is 11.8 Å². The van der Waals surface area contributed by atoms with Gasteiger partial charge in [0.2, 0.25) is 0 Å². The number of aryl methyl sites for hydroxylation is 1. The van der Waals surface area contributed by atoms with Gasteiger partial charge in [0.1, 0.15) is 5.82 Å². The first-order chi connectivity index (χ1) is 11.2. The monoisotopic (exact) mass is 422 g/mol. The largest absolute Gasteiger partial charge is 0.207 e. The summed E-state index contributed by atoms with van der Waals surface area (Å²) in [5.74, 6) is -0.142. The van der Waals surface area contributed by atoms with E-state index in [1.54, 1.807) is 12.1 Å². The number of hydrogen-bond acceptors (Lipinski definition) is 0. The second kappa shape index (κ2) is 7.78. The van der Waals surface area contributed by atoms with Crippen LogP contribution in [0.5, 0.6) is 0 Å². The summed E-state index contributed by atoms with van der Waals surface area (Å²) in [5, 5.41) is 0. The molecule has 0 N–H and O–H groups in total. The summed E-state index contributed by atoms with van der Waals surface area (Å²) in [6.07, 6.45) is 10.2. The zero-order valence-corrected chi connectivity index (χ0v) is 15.7. The van der Waals surface area contributed by atoms with Gasteiger partial charge in [-0.15, -0.1) is 0 Å². The first-order valence-corrected chi connectivity index (χ1v) is 9.76. The van der Waals surface area contributed by atoms with Crippen LogP contribution < -0.4 is 0 Å². The van der Waals surface area contributed by atoms with Gasteiger partial charge in [-0.25, -0.2) is 4.39 Å². The Bertz CT molecular complexity index is 609. The molecule has 3 rings (SSSR count). The molecule has 0 bridgehead atoms. The SMILES string of the molecule is Fc1ccc(CCCC2(c3ccc(I)cc3)CCCCC2)cc1. The van der Waals surface area contributed by atoms with E-state index >= 15 is 0 Å². The average Bonchev–Trinajstić information content (AvgIpc) is 2.58. The minimum atomic E-state index is -0.142. The zero-order valence-electron chi connectivity index (χ0n) is 13.5. The molecule has 122 valence electrons. The van der Waals surface area contributed by atoms with Crippen molar-refractivity contribution in [3.63, 3.8) is 0 Å². The molecular formula is C21H24FI. The summed E-state index contributed by atoms with van der Waals surface area (Å²) in [6.45, 7) is 0. The Balaban J connectivity index is 1.69. The van der Waals surface area contributed by atoms with Crippen LogP contribution >= 0.6 is 22.6 Å². The van der Waals surface area contributed by atoms with Crippen molar-refractivity contribution < 1.29 is 4.39 Å². The van der Waals surface area contributed by atoms with Crippen LogP contribution in [-0.4, -0.2) is 0 Å². The molecule has 0 aromatic heterocycles. The van der Waals surface area contributed by atoms with Crippen molar-refractivity contribution in [1.29, 1.82) is 0 Å². The molecule has 0 atom stereocenters. The molecule has 0 radical (unpaired) electrons. The molecule has 0 saturated heterocycles. The highest BCUT2D eigenvalue weighted by Gasteiger charge is 2.33. The summed E-state index contributed by atoms with van der Waals surface area (Å²) < 4.78 is 14.3. The fourth-order valence-electron chi connectivity index (χ4n) is 4.00. The highest BCUT2D eigenvalue weighted by Crippen LogP contribution is 2.43. The van der Waals surface area contributed by atoms with Gasteiger partial charge in [0.05, 0.1) is 0 Å². The quantitative estimate of drug-likeness (QED) is 0.473. The molecule has 2 aromatic carbocycles. The van der Waals surface area contributed by atoms with Crippen molar-refractivity contribution in [3.8, 4) is 0 Å². The van der Waals surface area contributed by atoms with Crippen molar-refractivity contribution in [2.75, 3.05) is 0 Å². The van der Waals surface area contributed by atoms with Crippen LogP contribution in [0.1, 0.15) is 56.1 Å². The number of benzene rings is 2. The van der Waals surface area contributed by atoms with Gasteiger partial charge in [-0.05, 0) is 95.5 Å². The third-order valence-corrected chi connectivity index (χ3v) is 6.02. The normalized spacial score (nSPS) is 17.1. The van der Waals surface area contributed by atoms with Crippen LogP contribution in [0, 0.1) is 9.39 Å². The second-order valence-corrected chi connectivity index (χ2v) is 8.07. The zero-order chi connectivity index (χ0) is 16.1. The maximum atomic E-state index is 13.0. The fourth-order valence-corrected chi connectivity index (χ4v) is 4.36. The van der Waals surface area contributed by atoms with Crippen LogP contribution in [0.25, 0.3) is 0 Å². The van der Waals surface area contributed by atoms with E-state index in [0.717, 1.165) is 6.42 Å². The summed E-state index contributed by atoms with van der Waals surface area (Å²) in [7, 11) is 0. The Morgan fingerprint density at radius 3 is 2.17 bits per heavy atom. The van der Waals surface area contributed by atoms with Gasteiger partial charge in [-0.1, -0.05) is 43.5 Å². The number of hydrogen-bond donors (Lipinski definition) is 0. The minimum absolute atomic E-state index is 0.142. The predicted molar refractivity (Wildman–Crippen MR) is 103 cm³/mol. The lowest BCUT2D eigenvalue weighted by Crippen LogP contribution is -2.29. The van der Waals surface area contributed by atoms with Crippen molar-refractivity contribution in [3.05, 3.63) is 69.0 Å². The lowest BCUT2D eigenvalue weighted by atomic mass is 9.66. The van der Waals surface area contributed by atoms with E-state index in [0.29, 0.717) is 5.41 Å². The Kier molecular flexibility index (Phi) is 5.73. The molecule has 0 nitrogen and oxygen atoms in total. The molecule has 0 amide bonds. The van der Waals surface area contributed by atoms with E-state index in [2.05, 4.69) is 46.9 Å². The Hall–Kier alpha value is -0.900. The molecule has 23 heavy (non-hydrogen) atoms. The van der Waals surface area contributed by atoms with Crippen LogP contribution in [0.3, 0.4) is 0 Å². The van der Waals surface area contributed by atoms with Crippen molar-refractivity contribution in [2.45, 2.75) is 56.8 Å². The Morgan fingerprint density at radius 2 is 1.52 bits per heavy atom. The average molecular weight is 422 g/mol. The predicted octanol–water partition coefficient (Wildman–Crippen LogP) is 6.66. The van der Waals surface area contributed by atoms with E-state index in [9.17, 15) is 4.39 Å². The van der Waals surface area contributed by atoms with Crippen LogP contribution in [0.4, 0.5) is 4.39 Å².